The summed E-state index contributed by atoms with van der Waals surface area (Å²) < 4.78 is 21.4. The number of aromatic nitrogens is 2. The zero-order valence-corrected chi connectivity index (χ0v) is 14.3. The number of furan rings is 1. The number of nitrogens with zero attached hydrogens (tertiary/aromatic N) is 2. The van der Waals surface area contributed by atoms with Crippen molar-refractivity contribution in [1.82, 2.24) is 10.2 Å². The molecule has 4 rings (SSSR count). The molecule has 0 radical (unpaired) electrons. The first kappa shape index (κ1) is 15.8. The molecule has 0 unspecified atom stereocenters. The van der Waals surface area contributed by atoms with Crippen molar-refractivity contribution < 1.29 is 23.1 Å². The van der Waals surface area contributed by atoms with Gasteiger partial charge in [0.15, 0.2) is 23.0 Å². The molecule has 2 heterocycles. The summed E-state index contributed by atoms with van der Waals surface area (Å²) in [4.78, 5) is 12.7. The lowest BCUT2D eigenvalue weighted by atomic mass is 10.1. The fraction of sp³-hybridized carbons (Fsp3) is 0.235. The summed E-state index contributed by atoms with van der Waals surface area (Å²) in [5.74, 6) is 1.95. The number of carbonyl (C=O) groups is 1. The number of methoxy groups -OCH3 is 2. The lowest BCUT2D eigenvalue weighted by Crippen LogP contribution is -2.11. The Hall–Kier alpha value is -2.74. The number of benzene rings is 1. The lowest BCUT2D eigenvalue weighted by Gasteiger charge is -2.09. The van der Waals surface area contributed by atoms with E-state index in [1.54, 1.807) is 32.4 Å². The van der Waals surface area contributed by atoms with Crippen LogP contribution in [-0.4, -0.2) is 35.5 Å². The molecule has 0 spiro atoms. The van der Waals surface area contributed by atoms with Crippen molar-refractivity contribution in [3.05, 3.63) is 41.7 Å². The van der Waals surface area contributed by atoms with E-state index in [4.69, 9.17) is 18.3 Å². The van der Waals surface area contributed by atoms with Crippen LogP contribution in [0.2, 0.25) is 0 Å². The van der Waals surface area contributed by atoms with Gasteiger partial charge in [-0.15, -0.1) is 10.2 Å². The maximum absolute atomic E-state index is 12.7. The van der Waals surface area contributed by atoms with Gasteiger partial charge in [0.05, 0.1) is 25.7 Å². The van der Waals surface area contributed by atoms with E-state index in [-0.39, 0.29) is 11.0 Å². The summed E-state index contributed by atoms with van der Waals surface area (Å²) >= 11 is 1.25. The zero-order valence-electron chi connectivity index (χ0n) is 13.5. The van der Waals surface area contributed by atoms with Crippen LogP contribution in [0.5, 0.6) is 11.5 Å². The SMILES string of the molecule is COc1cc2c(cc1OC)C(=O)[C@@H](Sc1nnc(-c3ccco3)o1)C2. The standard InChI is InChI=1S/C17H14N2O5S/c1-21-12-6-9-7-14(15(20)10(9)8-13(12)22-2)25-17-19-18-16(24-17)11-4-3-5-23-11/h3-6,8,14H,7H2,1-2H3/t14-/m0/s1. The predicted octanol–water partition coefficient (Wildman–Crippen LogP) is 3.25. The first-order chi connectivity index (χ1) is 12.2. The second-order valence-corrected chi connectivity index (χ2v) is 6.54. The summed E-state index contributed by atoms with van der Waals surface area (Å²) in [7, 11) is 3.12. The van der Waals surface area contributed by atoms with Gasteiger partial charge in [-0.1, -0.05) is 11.8 Å². The van der Waals surface area contributed by atoms with Crippen molar-refractivity contribution in [3.8, 4) is 23.1 Å². The smallest absolute Gasteiger partial charge is 0.284 e. The van der Waals surface area contributed by atoms with Crippen molar-refractivity contribution in [3.63, 3.8) is 0 Å². The molecule has 0 saturated carbocycles. The number of Topliss-reactive ketones (excluding diaryl/α,β-unsaturated/α-hetero) is 1. The number of hydrogen-bond acceptors (Lipinski definition) is 8. The number of hydrogen-bond donors (Lipinski definition) is 0. The molecule has 7 nitrogen and oxygen atoms in total. The number of carbonyl (C=O) groups excluding carboxylic acids is 1. The van der Waals surface area contributed by atoms with E-state index in [1.807, 2.05) is 6.07 Å². The predicted molar refractivity (Wildman–Crippen MR) is 89.2 cm³/mol. The number of ketones is 1. The average Bonchev–Trinajstić information content (AvgIpc) is 3.35. The average molecular weight is 358 g/mol. The minimum Gasteiger partial charge on any atom is -0.493 e. The Labute approximate surface area is 147 Å². The maximum Gasteiger partial charge on any atom is 0.284 e. The lowest BCUT2D eigenvalue weighted by molar-refractivity contribution is 0.0999. The van der Waals surface area contributed by atoms with Crippen LogP contribution >= 0.6 is 11.8 Å². The third-order valence-corrected chi connectivity index (χ3v) is 4.99. The minimum atomic E-state index is -0.322. The van der Waals surface area contributed by atoms with Crippen LogP contribution in [-0.2, 0) is 6.42 Å². The van der Waals surface area contributed by atoms with E-state index < -0.39 is 0 Å². The second-order valence-electron chi connectivity index (χ2n) is 5.39. The third-order valence-electron chi connectivity index (χ3n) is 3.95. The monoisotopic (exact) mass is 358 g/mol. The molecule has 2 aromatic heterocycles. The van der Waals surface area contributed by atoms with Crippen molar-refractivity contribution in [2.24, 2.45) is 0 Å². The summed E-state index contributed by atoms with van der Waals surface area (Å²) in [6.07, 6.45) is 2.10. The van der Waals surface area contributed by atoms with Gasteiger partial charge >= 0.3 is 0 Å². The molecule has 128 valence electrons. The minimum absolute atomic E-state index is 0.0127. The molecule has 0 fully saturated rings. The first-order valence-electron chi connectivity index (χ1n) is 7.52. The molecular weight excluding hydrogens is 344 g/mol. The van der Waals surface area contributed by atoms with Crippen molar-refractivity contribution in [1.29, 1.82) is 0 Å². The van der Waals surface area contributed by atoms with Crippen LogP contribution in [0, 0.1) is 0 Å². The molecule has 0 bridgehead atoms. The fourth-order valence-electron chi connectivity index (χ4n) is 2.76. The fourth-order valence-corrected chi connectivity index (χ4v) is 3.71. The Kier molecular flexibility index (Phi) is 3.96. The van der Waals surface area contributed by atoms with Gasteiger partial charge in [-0.05, 0) is 36.2 Å². The molecule has 8 heteroatoms. The van der Waals surface area contributed by atoms with Gasteiger partial charge in [0.1, 0.15) is 0 Å². The van der Waals surface area contributed by atoms with Gasteiger partial charge in [-0.2, -0.15) is 0 Å². The van der Waals surface area contributed by atoms with Gasteiger partial charge in [0.2, 0.25) is 0 Å². The highest BCUT2D eigenvalue weighted by molar-refractivity contribution is 8.00. The van der Waals surface area contributed by atoms with E-state index in [1.165, 1.54) is 18.0 Å². The summed E-state index contributed by atoms with van der Waals surface area (Å²) in [5, 5.41) is 7.94. The van der Waals surface area contributed by atoms with Crippen LogP contribution in [0.25, 0.3) is 11.7 Å². The third kappa shape index (κ3) is 2.78. The molecule has 1 aliphatic rings. The van der Waals surface area contributed by atoms with Gasteiger partial charge < -0.3 is 18.3 Å². The molecule has 0 N–H and O–H groups in total. The summed E-state index contributed by atoms with van der Waals surface area (Å²) in [6.45, 7) is 0. The normalized spacial score (nSPS) is 16.1. The molecule has 1 aromatic carbocycles. The van der Waals surface area contributed by atoms with Crippen molar-refractivity contribution in [2.75, 3.05) is 14.2 Å². The van der Waals surface area contributed by atoms with Crippen LogP contribution in [0.15, 0.2) is 44.6 Å². The van der Waals surface area contributed by atoms with Crippen LogP contribution in [0.4, 0.5) is 0 Å². The Morgan fingerprint density at radius 2 is 2.00 bits per heavy atom. The highest BCUT2D eigenvalue weighted by atomic mass is 32.2. The zero-order chi connectivity index (χ0) is 17.4. The van der Waals surface area contributed by atoms with Crippen LogP contribution in [0.1, 0.15) is 15.9 Å². The summed E-state index contributed by atoms with van der Waals surface area (Å²) in [5.41, 5.74) is 1.56. The molecule has 0 saturated heterocycles. The number of thioether (sulfide) groups is 1. The van der Waals surface area contributed by atoms with Gasteiger partial charge in [0, 0.05) is 5.56 Å². The van der Waals surface area contributed by atoms with Crippen molar-refractivity contribution >= 4 is 17.5 Å². The highest BCUT2D eigenvalue weighted by Gasteiger charge is 2.34. The van der Waals surface area contributed by atoms with E-state index >= 15 is 0 Å². The molecule has 25 heavy (non-hydrogen) atoms. The summed E-state index contributed by atoms with van der Waals surface area (Å²) in [6, 6.07) is 7.04. The van der Waals surface area contributed by atoms with E-state index in [2.05, 4.69) is 10.2 Å². The molecule has 1 aliphatic carbocycles. The Morgan fingerprint density at radius 3 is 2.72 bits per heavy atom. The van der Waals surface area contributed by atoms with Gasteiger partial charge in [-0.25, -0.2) is 0 Å². The molecular formula is C17H14N2O5S. The maximum atomic E-state index is 12.7. The van der Waals surface area contributed by atoms with E-state index in [0.717, 1.165) is 5.56 Å². The molecule has 0 amide bonds. The second kappa shape index (κ2) is 6.29. The Bertz CT molecular complexity index is 919. The Balaban J connectivity index is 1.56. The largest absolute Gasteiger partial charge is 0.493 e. The van der Waals surface area contributed by atoms with Gasteiger partial charge in [0.25, 0.3) is 11.1 Å². The highest BCUT2D eigenvalue weighted by Crippen LogP contribution is 2.39. The van der Waals surface area contributed by atoms with Crippen LogP contribution in [0.3, 0.4) is 0 Å². The Morgan fingerprint density at radius 1 is 1.20 bits per heavy atom. The number of fused-ring (bicyclic) bond motifs is 1. The topological polar surface area (TPSA) is 87.6 Å². The van der Waals surface area contributed by atoms with Crippen molar-refractivity contribution in [2.45, 2.75) is 16.9 Å². The first-order valence-corrected chi connectivity index (χ1v) is 8.40. The van der Waals surface area contributed by atoms with Gasteiger partial charge in [-0.3, -0.25) is 4.79 Å². The van der Waals surface area contributed by atoms with Crippen LogP contribution < -0.4 is 9.47 Å². The molecule has 0 aliphatic heterocycles. The quantitative estimate of drug-likeness (QED) is 0.687. The molecule has 1 atom stereocenters. The number of rotatable bonds is 5. The van der Waals surface area contributed by atoms with E-state index in [9.17, 15) is 4.79 Å². The van der Waals surface area contributed by atoms with E-state index in [0.29, 0.717) is 40.4 Å². The number of ether oxygens (including phenoxy) is 2. The molecule has 3 aromatic rings.